The van der Waals surface area contributed by atoms with Crippen LogP contribution in [0, 0.1) is 0 Å². The summed E-state index contributed by atoms with van der Waals surface area (Å²) in [7, 11) is 0. The zero-order valence-corrected chi connectivity index (χ0v) is 15.3. The van der Waals surface area contributed by atoms with Gasteiger partial charge >= 0.3 is 5.69 Å². The van der Waals surface area contributed by atoms with E-state index < -0.39 is 0 Å². The summed E-state index contributed by atoms with van der Waals surface area (Å²) >= 11 is 1.58. The van der Waals surface area contributed by atoms with Gasteiger partial charge < -0.3 is 15.3 Å². The molecule has 0 radical (unpaired) electrons. The fourth-order valence-electron chi connectivity index (χ4n) is 3.22. The number of imidazole rings is 1. The van der Waals surface area contributed by atoms with E-state index in [4.69, 9.17) is 4.98 Å². The molecule has 136 valence electrons. The predicted octanol–water partition coefficient (Wildman–Crippen LogP) is 4.39. The molecule has 0 saturated heterocycles. The first-order chi connectivity index (χ1) is 13.7. The minimum atomic E-state index is -0.279. The molecule has 3 N–H and O–H groups in total. The molecule has 0 saturated carbocycles. The summed E-state index contributed by atoms with van der Waals surface area (Å²) in [4.78, 5) is 35.6. The summed E-state index contributed by atoms with van der Waals surface area (Å²) in [6.45, 7) is 0. The van der Waals surface area contributed by atoms with Crippen LogP contribution in [0.2, 0.25) is 0 Å². The third-order valence-corrected chi connectivity index (χ3v) is 5.40. The van der Waals surface area contributed by atoms with E-state index in [-0.39, 0.29) is 11.6 Å². The molecule has 3 heterocycles. The lowest BCUT2D eigenvalue weighted by molar-refractivity contribution is 0.102. The first kappa shape index (κ1) is 16.5. The SMILES string of the molecule is O=C(Nc1ccc2[nH]c(=O)[nH]c2c1)c1cc(-c2cccs2)nc2ccccc12. The molecule has 28 heavy (non-hydrogen) atoms. The Hall–Kier alpha value is -3.71. The number of aromatic amines is 2. The van der Waals surface area contributed by atoms with Crippen molar-refractivity contribution in [2.24, 2.45) is 0 Å². The van der Waals surface area contributed by atoms with E-state index >= 15 is 0 Å². The van der Waals surface area contributed by atoms with Gasteiger partial charge in [0.2, 0.25) is 0 Å². The summed E-state index contributed by atoms with van der Waals surface area (Å²) in [5.41, 5.74) is 3.74. The number of para-hydroxylation sites is 1. The monoisotopic (exact) mass is 386 g/mol. The van der Waals surface area contributed by atoms with Crippen molar-refractivity contribution in [1.29, 1.82) is 0 Å². The third-order valence-electron chi connectivity index (χ3n) is 4.51. The van der Waals surface area contributed by atoms with Crippen LogP contribution in [0.1, 0.15) is 10.4 Å². The number of anilines is 1. The Morgan fingerprint density at radius 3 is 2.68 bits per heavy atom. The maximum Gasteiger partial charge on any atom is 0.323 e. The van der Waals surface area contributed by atoms with Crippen LogP contribution in [0.3, 0.4) is 0 Å². The van der Waals surface area contributed by atoms with Gasteiger partial charge in [-0.1, -0.05) is 24.3 Å². The Balaban J connectivity index is 1.58. The van der Waals surface area contributed by atoms with Gasteiger partial charge in [0.15, 0.2) is 0 Å². The van der Waals surface area contributed by atoms with E-state index in [1.807, 2.05) is 47.8 Å². The number of carbonyl (C=O) groups is 1. The highest BCUT2D eigenvalue weighted by Gasteiger charge is 2.15. The fourth-order valence-corrected chi connectivity index (χ4v) is 3.91. The van der Waals surface area contributed by atoms with Crippen LogP contribution < -0.4 is 11.0 Å². The molecule has 6 nitrogen and oxygen atoms in total. The molecule has 0 aliphatic heterocycles. The molecule has 2 aromatic carbocycles. The summed E-state index contributed by atoms with van der Waals surface area (Å²) < 4.78 is 0. The number of pyridine rings is 1. The maximum atomic E-state index is 13.1. The van der Waals surface area contributed by atoms with Gasteiger partial charge in [0.05, 0.1) is 32.7 Å². The molecule has 3 aromatic heterocycles. The van der Waals surface area contributed by atoms with Gasteiger partial charge in [0, 0.05) is 11.1 Å². The third kappa shape index (κ3) is 2.87. The standard InChI is InChI=1S/C21H14N4O2S/c26-20(22-12-7-8-16-17(10-12)25-21(27)24-16)14-11-18(19-6-3-9-28-19)23-15-5-2-1-4-13(14)15/h1-11H,(H,22,26)(H2,24,25,27). The smallest absolute Gasteiger partial charge is 0.322 e. The number of H-pyrrole nitrogens is 2. The highest BCUT2D eigenvalue weighted by Crippen LogP contribution is 2.28. The van der Waals surface area contributed by atoms with Crippen LogP contribution in [-0.4, -0.2) is 20.9 Å². The molecule has 5 aromatic rings. The lowest BCUT2D eigenvalue weighted by Gasteiger charge is -2.10. The van der Waals surface area contributed by atoms with Gasteiger partial charge in [-0.15, -0.1) is 11.3 Å². The van der Waals surface area contributed by atoms with E-state index in [1.165, 1.54) is 0 Å². The molecule has 0 aliphatic carbocycles. The number of carbonyl (C=O) groups excluding carboxylic acids is 1. The second kappa shape index (κ2) is 6.47. The molecule has 0 bridgehead atoms. The number of fused-ring (bicyclic) bond motifs is 2. The van der Waals surface area contributed by atoms with Crippen LogP contribution in [0.15, 0.2) is 70.8 Å². The van der Waals surface area contributed by atoms with Crippen molar-refractivity contribution in [3.8, 4) is 10.6 Å². The molecule has 0 fully saturated rings. The van der Waals surface area contributed by atoms with Crippen LogP contribution in [0.5, 0.6) is 0 Å². The summed E-state index contributed by atoms with van der Waals surface area (Å²) in [5.74, 6) is -0.228. The number of aromatic nitrogens is 3. The van der Waals surface area contributed by atoms with Gasteiger partial charge in [-0.2, -0.15) is 0 Å². The van der Waals surface area contributed by atoms with E-state index in [9.17, 15) is 9.59 Å². The molecule has 7 heteroatoms. The van der Waals surface area contributed by atoms with Crippen molar-refractivity contribution in [2.75, 3.05) is 5.32 Å². The number of rotatable bonds is 3. The van der Waals surface area contributed by atoms with Gasteiger partial charge in [-0.05, 0) is 41.8 Å². The summed E-state index contributed by atoms with van der Waals surface area (Å²) in [5, 5.41) is 5.70. The van der Waals surface area contributed by atoms with Crippen molar-refractivity contribution in [3.05, 3.63) is 82.1 Å². The van der Waals surface area contributed by atoms with Crippen LogP contribution in [0.4, 0.5) is 5.69 Å². The van der Waals surface area contributed by atoms with Crippen molar-refractivity contribution in [1.82, 2.24) is 15.0 Å². The average Bonchev–Trinajstić information content (AvgIpc) is 3.35. The summed E-state index contributed by atoms with van der Waals surface area (Å²) in [6, 6.07) is 18.6. The van der Waals surface area contributed by atoms with Crippen molar-refractivity contribution < 1.29 is 4.79 Å². The zero-order valence-electron chi connectivity index (χ0n) is 14.5. The van der Waals surface area contributed by atoms with Gasteiger partial charge in [0.1, 0.15) is 0 Å². The molecule has 0 unspecified atom stereocenters. The maximum absolute atomic E-state index is 13.1. The number of amides is 1. The van der Waals surface area contributed by atoms with Crippen LogP contribution >= 0.6 is 11.3 Å². The van der Waals surface area contributed by atoms with E-state index in [1.54, 1.807) is 29.5 Å². The molecule has 0 atom stereocenters. The molecule has 1 amide bonds. The highest BCUT2D eigenvalue weighted by atomic mass is 32.1. The number of thiophene rings is 1. The second-order valence-corrected chi connectivity index (χ2v) is 7.29. The summed E-state index contributed by atoms with van der Waals surface area (Å²) in [6.07, 6.45) is 0. The van der Waals surface area contributed by atoms with Gasteiger partial charge in [-0.25, -0.2) is 9.78 Å². The minimum absolute atomic E-state index is 0.228. The lowest BCUT2D eigenvalue weighted by Crippen LogP contribution is -2.13. The fraction of sp³-hybridized carbons (Fsp3) is 0. The molecule has 0 aliphatic rings. The number of nitrogens with zero attached hydrogens (tertiary/aromatic N) is 1. The number of hydrogen-bond donors (Lipinski definition) is 3. The predicted molar refractivity (Wildman–Crippen MR) is 112 cm³/mol. The lowest BCUT2D eigenvalue weighted by atomic mass is 10.1. The van der Waals surface area contributed by atoms with Crippen molar-refractivity contribution >= 4 is 44.9 Å². The minimum Gasteiger partial charge on any atom is -0.322 e. The van der Waals surface area contributed by atoms with Crippen LogP contribution in [0.25, 0.3) is 32.5 Å². The zero-order chi connectivity index (χ0) is 19.1. The Labute approximate surface area is 162 Å². The number of benzene rings is 2. The molecule has 0 spiro atoms. The highest BCUT2D eigenvalue weighted by molar-refractivity contribution is 7.13. The number of hydrogen-bond acceptors (Lipinski definition) is 4. The van der Waals surface area contributed by atoms with Gasteiger partial charge in [0.25, 0.3) is 5.91 Å². The van der Waals surface area contributed by atoms with E-state index in [2.05, 4.69) is 15.3 Å². The first-order valence-corrected chi connectivity index (χ1v) is 9.52. The van der Waals surface area contributed by atoms with Gasteiger partial charge in [-0.3, -0.25) is 4.79 Å². The van der Waals surface area contributed by atoms with Crippen LogP contribution in [-0.2, 0) is 0 Å². The Kier molecular flexibility index (Phi) is 3.80. The Bertz CT molecular complexity index is 1380. The Morgan fingerprint density at radius 2 is 1.82 bits per heavy atom. The van der Waals surface area contributed by atoms with E-state index in [0.717, 1.165) is 21.5 Å². The van der Waals surface area contributed by atoms with Crippen molar-refractivity contribution in [3.63, 3.8) is 0 Å². The Morgan fingerprint density at radius 1 is 0.964 bits per heavy atom. The molecule has 5 rings (SSSR count). The molecular formula is C21H14N4O2S. The topological polar surface area (TPSA) is 90.6 Å². The normalized spacial score (nSPS) is 11.1. The average molecular weight is 386 g/mol. The quantitative estimate of drug-likeness (QED) is 0.430. The molecular weight excluding hydrogens is 372 g/mol. The van der Waals surface area contributed by atoms with E-state index in [0.29, 0.717) is 22.3 Å². The second-order valence-electron chi connectivity index (χ2n) is 6.34. The van der Waals surface area contributed by atoms with Crippen molar-refractivity contribution in [2.45, 2.75) is 0 Å². The number of nitrogens with one attached hydrogen (secondary N) is 3. The first-order valence-electron chi connectivity index (χ1n) is 8.64. The largest absolute Gasteiger partial charge is 0.323 e.